The molecule has 0 radical (unpaired) electrons. The topological polar surface area (TPSA) is 55.4 Å². The fourth-order valence-electron chi connectivity index (χ4n) is 3.30. The maximum Gasteiger partial charge on any atom is 0.187 e. The van der Waals surface area contributed by atoms with E-state index in [1.54, 1.807) is 0 Å². The van der Waals surface area contributed by atoms with Gasteiger partial charge in [0.15, 0.2) is 17.9 Å². The van der Waals surface area contributed by atoms with Gasteiger partial charge in [-0.1, -0.05) is 22.6 Å². The summed E-state index contributed by atoms with van der Waals surface area (Å²) in [7, 11) is 0. The van der Waals surface area contributed by atoms with Crippen molar-refractivity contribution < 1.29 is 28.4 Å². The van der Waals surface area contributed by atoms with Crippen LogP contribution in [0.5, 0.6) is 0 Å². The lowest BCUT2D eigenvalue weighted by Crippen LogP contribution is -2.40. The number of hydrogen-bond acceptors (Lipinski definition) is 6. The molecule has 0 unspecified atom stereocenters. The number of halogens is 1. The Balaban J connectivity index is 1.64. The maximum atomic E-state index is 6.10. The smallest absolute Gasteiger partial charge is 0.187 e. The molecule has 3 aliphatic heterocycles. The van der Waals surface area contributed by atoms with Crippen LogP contribution >= 0.6 is 22.6 Å². The fraction of sp³-hybridized carbons (Fsp3) is 1.00. The molecule has 7 heteroatoms. The van der Waals surface area contributed by atoms with Crippen LogP contribution in [0.1, 0.15) is 40.5 Å². The Morgan fingerprint density at radius 1 is 0.957 bits per heavy atom. The molecule has 0 aromatic heterocycles. The highest BCUT2D eigenvalue weighted by Crippen LogP contribution is 2.42. The van der Waals surface area contributed by atoms with E-state index in [1.165, 1.54) is 0 Å². The molecule has 0 aromatic carbocycles. The van der Waals surface area contributed by atoms with Crippen LogP contribution in [0.25, 0.3) is 0 Å². The van der Waals surface area contributed by atoms with Crippen molar-refractivity contribution >= 4 is 22.6 Å². The number of ether oxygens (including phenoxy) is 6. The highest BCUT2D eigenvalue weighted by molar-refractivity contribution is 14.1. The molecule has 0 spiro atoms. The van der Waals surface area contributed by atoms with E-state index in [0.29, 0.717) is 13.2 Å². The SMILES string of the molecule is CC1(C)O[C@@H]2[C@H](O1)[C@@H](OCCCCI)O[C@@H]2[C@H]1COC(C)(C)O1. The molecule has 3 fully saturated rings. The van der Waals surface area contributed by atoms with Gasteiger partial charge in [-0.05, 0) is 45.0 Å². The molecule has 5 atom stereocenters. The van der Waals surface area contributed by atoms with Crippen LogP contribution in [-0.4, -0.2) is 59.9 Å². The van der Waals surface area contributed by atoms with Gasteiger partial charge in [0, 0.05) is 6.61 Å². The lowest BCUT2D eigenvalue weighted by atomic mass is 10.1. The Hall–Kier alpha value is 0.490. The van der Waals surface area contributed by atoms with Crippen LogP contribution in [0.4, 0.5) is 0 Å². The molecule has 0 aliphatic carbocycles. The van der Waals surface area contributed by atoms with E-state index >= 15 is 0 Å². The third-order valence-corrected chi connectivity index (χ3v) is 5.02. The summed E-state index contributed by atoms with van der Waals surface area (Å²) < 4.78 is 36.9. The minimum Gasteiger partial charge on any atom is -0.350 e. The van der Waals surface area contributed by atoms with E-state index in [-0.39, 0.29) is 24.4 Å². The Bertz CT molecular complexity index is 415. The van der Waals surface area contributed by atoms with Crippen LogP contribution in [0.2, 0.25) is 0 Å². The van der Waals surface area contributed by atoms with E-state index < -0.39 is 17.9 Å². The second-order valence-corrected chi connectivity index (χ2v) is 8.25. The van der Waals surface area contributed by atoms with E-state index in [0.717, 1.165) is 17.3 Å². The van der Waals surface area contributed by atoms with Crippen LogP contribution in [0.15, 0.2) is 0 Å². The van der Waals surface area contributed by atoms with E-state index in [2.05, 4.69) is 22.6 Å². The third-order valence-electron chi connectivity index (χ3n) is 4.25. The Morgan fingerprint density at radius 3 is 2.35 bits per heavy atom. The lowest BCUT2D eigenvalue weighted by molar-refractivity contribution is -0.247. The zero-order valence-electron chi connectivity index (χ0n) is 14.2. The highest BCUT2D eigenvalue weighted by Gasteiger charge is 2.59. The van der Waals surface area contributed by atoms with Crippen molar-refractivity contribution in [3.8, 4) is 0 Å². The first-order valence-electron chi connectivity index (χ1n) is 8.32. The predicted octanol–water partition coefficient (Wildman–Crippen LogP) is 2.61. The molecule has 134 valence electrons. The van der Waals surface area contributed by atoms with Crippen LogP contribution < -0.4 is 0 Å². The molecule has 23 heavy (non-hydrogen) atoms. The Labute approximate surface area is 151 Å². The van der Waals surface area contributed by atoms with E-state index in [1.807, 2.05) is 27.7 Å². The summed E-state index contributed by atoms with van der Waals surface area (Å²) in [5, 5.41) is 0. The zero-order valence-corrected chi connectivity index (χ0v) is 16.4. The maximum absolute atomic E-state index is 6.10. The Kier molecular flexibility index (Phi) is 5.57. The minimum atomic E-state index is -0.629. The van der Waals surface area contributed by atoms with Crippen molar-refractivity contribution in [3.05, 3.63) is 0 Å². The molecule has 3 aliphatic rings. The lowest BCUT2D eigenvalue weighted by Gasteiger charge is -2.27. The van der Waals surface area contributed by atoms with E-state index in [4.69, 9.17) is 28.4 Å². The second kappa shape index (κ2) is 7.01. The van der Waals surface area contributed by atoms with E-state index in [9.17, 15) is 0 Å². The molecule has 0 amide bonds. The average Bonchev–Trinajstić information content (AvgIpc) is 3.06. The summed E-state index contributed by atoms with van der Waals surface area (Å²) in [5.74, 6) is -1.21. The van der Waals surface area contributed by atoms with Crippen LogP contribution in [0.3, 0.4) is 0 Å². The molecule has 0 bridgehead atoms. The van der Waals surface area contributed by atoms with Gasteiger partial charge in [0.05, 0.1) is 6.61 Å². The number of unbranched alkanes of at least 4 members (excludes halogenated alkanes) is 1. The summed E-state index contributed by atoms with van der Waals surface area (Å²) in [6.45, 7) is 8.82. The molecular weight excluding hydrogens is 415 g/mol. The first kappa shape index (κ1) is 18.3. The Morgan fingerprint density at radius 2 is 1.70 bits per heavy atom. The quantitative estimate of drug-likeness (QED) is 0.358. The molecule has 0 saturated carbocycles. The first-order valence-corrected chi connectivity index (χ1v) is 9.84. The minimum absolute atomic E-state index is 0.169. The van der Waals surface area contributed by atoms with Crippen molar-refractivity contribution in [2.24, 2.45) is 0 Å². The molecular formula is C16H27IO6. The summed E-state index contributed by atoms with van der Waals surface area (Å²) in [6, 6.07) is 0. The van der Waals surface area contributed by atoms with Crippen molar-refractivity contribution in [2.45, 2.75) is 82.8 Å². The summed E-state index contributed by atoms with van der Waals surface area (Å²) >= 11 is 2.37. The van der Waals surface area contributed by atoms with Gasteiger partial charge in [0.25, 0.3) is 0 Å². The van der Waals surface area contributed by atoms with Crippen molar-refractivity contribution in [3.63, 3.8) is 0 Å². The van der Waals surface area contributed by atoms with Gasteiger partial charge < -0.3 is 28.4 Å². The number of hydrogen-bond donors (Lipinski definition) is 0. The summed E-state index contributed by atoms with van der Waals surface area (Å²) in [4.78, 5) is 0. The standard InChI is InChI=1S/C16H27IO6/c1-15(2)19-9-10(21-15)11-12-13(23-16(3,4)22-12)14(20-11)18-8-6-5-7-17/h10-14H,5-9H2,1-4H3/t10-,11-,12+,13+,14+/m1/s1. The predicted molar refractivity (Wildman–Crippen MR) is 91.5 cm³/mol. The van der Waals surface area contributed by atoms with Gasteiger partial charge in [-0.25, -0.2) is 0 Å². The first-order chi connectivity index (χ1) is 10.8. The molecule has 0 N–H and O–H groups in total. The number of fused-ring (bicyclic) bond motifs is 1. The number of alkyl halides is 1. The van der Waals surface area contributed by atoms with Gasteiger partial charge in [-0.3, -0.25) is 0 Å². The zero-order chi connectivity index (χ0) is 16.7. The van der Waals surface area contributed by atoms with Crippen molar-refractivity contribution in [1.82, 2.24) is 0 Å². The van der Waals surface area contributed by atoms with Crippen molar-refractivity contribution in [1.29, 1.82) is 0 Å². The summed E-state index contributed by atoms with van der Waals surface area (Å²) in [5.41, 5.74) is 0. The van der Waals surface area contributed by atoms with Crippen LogP contribution in [0, 0.1) is 0 Å². The van der Waals surface area contributed by atoms with Gasteiger partial charge in [-0.15, -0.1) is 0 Å². The highest BCUT2D eigenvalue weighted by atomic mass is 127. The van der Waals surface area contributed by atoms with Gasteiger partial charge in [0.1, 0.15) is 24.4 Å². The van der Waals surface area contributed by atoms with Gasteiger partial charge >= 0.3 is 0 Å². The molecule has 6 nitrogen and oxygen atoms in total. The largest absolute Gasteiger partial charge is 0.350 e. The molecule has 3 saturated heterocycles. The fourth-order valence-corrected chi connectivity index (χ4v) is 3.84. The van der Waals surface area contributed by atoms with Gasteiger partial charge in [0.2, 0.25) is 0 Å². The number of rotatable bonds is 6. The molecule has 3 heterocycles. The second-order valence-electron chi connectivity index (χ2n) is 7.17. The molecule has 0 aromatic rings. The van der Waals surface area contributed by atoms with Crippen molar-refractivity contribution in [2.75, 3.05) is 17.6 Å². The average molecular weight is 442 g/mol. The normalized spacial score (nSPS) is 41.3. The monoisotopic (exact) mass is 442 g/mol. The van der Waals surface area contributed by atoms with Crippen LogP contribution in [-0.2, 0) is 28.4 Å². The van der Waals surface area contributed by atoms with Gasteiger partial charge in [-0.2, -0.15) is 0 Å². The summed E-state index contributed by atoms with van der Waals surface area (Å²) in [6.07, 6.45) is 0.931. The molecule has 3 rings (SSSR count). The third kappa shape index (κ3) is 4.19.